The van der Waals surface area contributed by atoms with Crippen LogP contribution < -0.4 is 0 Å². The van der Waals surface area contributed by atoms with Gasteiger partial charge in [-0.3, -0.25) is 4.79 Å². The van der Waals surface area contributed by atoms with Crippen molar-refractivity contribution in [3.05, 3.63) is 16.5 Å². The lowest BCUT2D eigenvalue weighted by molar-refractivity contribution is -0.127. The quantitative estimate of drug-likeness (QED) is 0.806. The van der Waals surface area contributed by atoms with Gasteiger partial charge in [0.15, 0.2) is 0 Å². The second-order valence-electron chi connectivity index (χ2n) is 4.35. The van der Waals surface area contributed by atoms with Crippen molar-refractivity contribution in [3.8, 4) is 10.8 Å². The van der Waals surface area contributed by atoms with E-state index in [1.165, 1.54) is 23.1 Å². The highest BCUT2D eigenvalue weighted by Crippen LogP contribution is 2.31. The van der Waals surface area contributed by atoms with Gasteiger partial charge in [0, 0.05) is 13.1 Å². The molecule has 0 unspecified atom stereocenters. The zero-order valence-electron chi connectivity index (χ0n) is 10.5. The van der Waals surface area contributed by atoms with Gasteiger partial charge in [0.2, 0.25) is 5.91 Å². The van der Waals surface area contributed by atoms with Crippen LogP contribution in [-0.2, 0) is 4.79 Å². The van der Waals surface area contributed by atoms with Crippen molar-refractivity contribution in [2.45, 2.75) is 18.1 Å². The number of thiophene rings is 1. The van der Waals surface area contributed by atoms with E-state index < -0.39 is 0 Å². The fourth-order valence-corrected chi connectivity index (χ4v) is 3.61. The van der Waals surface area contributed by atoms with Crippen LogP contribution in [0.3, 0.4) is 0 Å². The number of thioether (sulfide) groups is 1. The first kappa shape index (κ1) is 13.9. The molecule has 0 N–H and O–H groups in total. The highest BCUT2D eigenvalue weighted by atomic mass is 35.5. The average Bonchev–Trinajstić information content (AvgIpc) is 3.16. The van der Waals surface area contributed by atoms with Gasteiger partial charge in [-0.25, -0.2) is 0 Å². The number of amides is 1. The van der Waals surface area contributed by atoms with E-state index in [2.05, 4.69) is 10.2 Å². The Bertz CT molecular complexity index is 607. The normalized spacial score (nSPS) is 14.9. The molecule has 8 heteroatoms. The molecule has 0 radical (unpaired) electrons. The number of rotatable bonds is 4. The summed E-state index contributed by atoms with van der Waals surface area (Å²) in [5, 5.41) is 8.32. The van der Waals surface area contributed by atoms with Gasteiger partial charge in [0.05, 0.1) is 15.0 Å². The molecule has 0 spiro atoms. The smallest absolute Gasteiger partial charge is 0.277 e. The van der Waals surface area contributed by atoms with Crippen molar-refractivity contribution >= 4 is 40.6 Å². The Morgan fingerprint density at radius 1 is 1.40 bits per heavy atom. The molecule has 1 saturated heterocycles. The summed E-state index contributed by atoms with van der Waals surface area (Å²) < 4.78 is 6.20. The van der Waals surface area contributed by atoms with Crippen LogP contribution in [0.2, 0.25) is 4.34 Å². The zero-order valence-corrected chi connectivity index (χ0v) is 12.9. The first-order valence-electron chi connectivity index (χ1n) is 6.22. The standard InChI is InChI=1S/C12H12ClN3O2S2/c13-9-4-3-8(20-9)11-14-15-12(18-11)19-7-10(17)16-5-1-2-6-16/h3-4H,1-2,5-7H2. The van der Waals surface area contributed by atoms with Gasteiger partial charge in [-0.2, -0.15) is 0 Å². The van der Waals surface area contributed by atoms with Crippen molar-refractivity contribution < 1.29 is 9.21 Å². The van der Waals surface area contributed by atoms with Crippen molar-refractivity contribution in [2.75, 3.05) is 18.8 Å². The highest BCUT2D eigenvalue weighted by Gasteiger charge is 2.19. The van der Waals surface area contributed by atoms with Gasteiger partial charge in [-0.1, -0.05) is 23.4 Å². The molecule has 0 saturated carbocycles. The van der Waals surface area contributed by atoms with Crippen LogP contribution in [0.15, 0.2) is 21.8 Å². The molecule has 1 aliphatic rings. The summed E-state index contributed by atoms with van der Waals surface area (Å²) in [6.07, 6.45) is 2.19. The first-order valence-corrected chi connectivity index (χ1v) is 8.40. The molecule has 0 atom stereocenters. The van der Waals surface area contributed by atoms with E-state index in [1.54, 1.807) is 6.07 Å². The Morgan fingerprint density at radius 3 is 2.90 bits per heavy atom. The van der Waals surface area contributed by atoms with E-state index in [9.17, 15) is 4.79 Å². The average molecular weight is 330 g/mol. The number of hydrogen-bond acceptors (Lipinski definition) is 6. The fraction of sp³-hybridized carbons (Fsp3) is 0.417. The molecular formula is C12H12ClN3O2S2. The first-order chi connectivity index (χ1) is 9.72. The summed E-state index contributed by atoms with van der Waals surface area (Å²) in [6.45, 7) is 1.73. The number of carbonyl (C=O) groups excluding carboxylic acids is 1. The Hall–Kier alpha value is -1.05. The van der Waals surface area contributed by atoms with Gasteiger partial charge in [0.25, 0.3) is 11.1 Å². The van der Waals surface area contributed by atoms with Gasteiger partial charge >= 0.3 is 0 Å². The van der Waals surface area contributed by atoms with E-state index in [0.29, 0.717) is 21.2 Å². The van der Waals surface area contributed by atoms with Crippen LogP contribution in [0.25, 0.3) is 10.8 Å². The van der Waals surface area contributed by atoms with Crippen LogP contribution in [0, 0.1) is 0 Å². The predicted octanol–water partition coefficient (Wildman–Crippen LogP) is 3.17. The number of aromatic nitrogens is 2. The summed E-state index contributed by atoms with van der Waals surface area (Å²) in [5.74, 6) is 0.914. The highest BCUT2D eigenvalue weighted by molar-refractivity contribution is 7.99. The van der Waals surface area contributed by atoms with E-state index in [4.69, 9.17) is 16.0 Å². The Kier molecular flexibility index (Phi) is 4.28. The van der Waals surface area contributed by atoms with Crippen LogP contribution in [0.5, 0.6) is 0 Å². The monoisotopic (exact) mass is 329 g/mol. The maximum Gasteiger partial charge on any atom is 0.277 e. The molecular weight excluding hydrogens is 318 g/mol. The molecule has 1 aliphatic heterocycles. The van der Waals surface area contributed by atoms with E-state index in [-0.39, 0.29) is 5.91 Å². The molecule has 20 heavy (non-hydrogen) atoms. The Morgan fingerprint density at radius 2 is 2.20 bits per heavy atom. The van der Waals surface area contributed by atoms with Gasteiger partial charge < -0.3 is 9.32 Å². The summed E-state index contributed by atoms with van der Waals surface area (Å²) in [5.41, 5.74) is 0. The molecule has 0 aliphatic carbocycles. The van der Waals surface area contributed by atoms with Crippen LogP contribution in [0.4, 0.5) is 0 Å². The molecule has 5 nitrogen and oxygen atoms in total. The SMILES string of the molecule is O=C(CSc1nnc(-c2ccc(Cl)s2)o1)N1CCCC1. The maximum absolute atomic E-state index is 11.9. The molecule has 0 aromatic carbocycles. The summed E-state index contributed by atoms with van der Waals surface area (Å²) >= 11 is 8.53. The number of hydrogen-bond donors (Lipinski definition) is 0. The lowest BCUT2D eigenvalue weighted by atomic mass is 10.4. The number of nitrogens with zero attached hydrogens (tertiary/aromatic N) is 3. The minimum absolute atomic E-state index is 0.131. The molecule has 2 aromatic rings. The Balaban J connectivity index is 1.58. The number of carbonyl (C=O) groups is 1. The third-order valence-electron chi connectivity index (χ3n) is 2.97. The second kappa shape index (κ2) is 6.15. The van der Waals surface area contributed by atoms with Crippen LogP contribution in [-0.4, -0.2) is 39.8 Å². The molecule has 106 valence electrons. The predicted molar refractivity (Wildman–Crippen MR) is 79.2 cm³/mol. The molecule has 1 fully saturated rings. The lowest BCUT2D eigenvalue weighted by Crippen LogP contribution is -2.29. The van der Waals surface area contributed by atoms with E-state index >= 15 is 0 Å². The molecule has 2 aromatic heterocycles. The lowest BCUT2D eigenvalue weighted by Gasteiger charge is -2.13. The van der Waals surface area contributed by atoms with E-state index in [0.717, 1.165) is 30.8 Å². The largest absolute Gasteiger partial charge is 0.410 e. The third-order valence-corrected chi connectivity index (χ3v) is 4.99. The molecule has 0 bridgehead atoms. The van der Waals surface area contributed by atoms with Gasteiger partial charge in [-0.05, 0) is 25.0 Å². The number of likely N-dealkylation sites (tertiary alicyclic amines) is 1. The second-order valence-corrected chi connectivity index (χ2v) is 7.00. The van der Waals surface area contributed by atoms with Gasteiger partial charge in [-0.15, -0.1) is 21.5 Å². The summed E-state index contributed by atoms with van der Waals surface area (Å²) in [7, 11) is 0. The van der Waals surface area contributed by atoms with Gasteiger partial charge in [0.1, 0.15) is 0 Å². The van der Waals surface area contributed by atoms with E-state index in [1.807, 2.05) is 11.0 Å². The summed E-state index contributed by atoms with van der Waals surface area (Å²) in [4.78, 5) is 14.6. The molecule has 3 rings (SSSR count). The Labute approximate surface area is 129 Å². The van der Waals surface area contributed by atoms with Crippen molar-refractivity contribution in [1.29, 1.82) is 0 Å². The maximum atomic E-state index is 11.9. The molecule has 1 amide bonds. The fourth-order valence-electron chi connectivity index (χ4n) is 1.98. The van der Waals surface area contributed by atoms with Crippen LogP contribution >= 0.6 is 34.7 Å². The van der Waals surface area contributed by atoms with Crippen molar-refractivity contribution in [3.63, 3.8) is 0 Å². The molecule has 3 heterocycles. The van der Waals surface area contributed by atoms with Crippen LogP contribution in [0.1, 0.15) is 12.8 Å². The minimum atomic E-state index is 0.131. The zero-order chi connectivity index (χ0) is 13.9. The topological polar surface area (TPSA) is 59.2 Å². The third kappa shape index (κ3) is 3.16. The van der Waals surface area contributed by atoms with Crippen molar-refractivity contribution in [2.24, 2.45) is 0 Å². The summed E-state index contributed by atoms with van der Waals surface area (Å²) in [6, 6.07) is 3.62. The number of halogens is 1. The van der Waals surface area contributed by atoms with Crippen molar-refractivity contribution in [1.82, 2.24) is 15.1 Å². The minimum Gasteiger partial charge on any atom is -0.410 e.